The van der Waals surface area contributed by atoms with Gasteiger partial charge >= 0.3 is 0 Å². The van der Waals surface area contributed by atoms with Crippen molar-refractivity contribution in [2.75, 3.05) is 10.8 Å². The Balaban J connectivity index is 2.19. The standard InChI is InChI=1S/C2H7IP2/c1-4-5-2-3/h4-5H,2H2,1H3. The van der Waals surface area contributed by atoms with Crippen molar-refractivity contribution in [3.8, 4) is 0 Å². The minimum absolute atomic E-state index is 1.18. The molecule has 0 aliphatic rings. The molecule has 5 heavy (non-hydrogen) atoms. The van der Waals surface area contributed by atoms with Crippen molar-refractivity contribution in [1.29, 1.82) is 0 Å². The Labute approximate surface area is 50.1 Å². The third-order valence-corrected chi connectivity index (χ3v) is 5.62. The highest BCUT2D eigenvalue weighted by Crippen LogP contribution is 2.33. The molecule has 0 spiro atoms. The summed E-state index contributed by atoms with van der Waals surface area (Å²) in [5, 5.41) is 0. The second-order valence-electron chi connectivity index (χ2n) is 0.560. The van der Waals surface area contributed by atoms with E-state index in [1.54, 1.807) is 0 Å². The third kappa shape index (κ3) is 5.59. The van der Waals surface area contributed by atoms with E-state index in [-0.39, 0.29) is 0 Å². The minimum atomic E-state index is 1.18. The number of hydrogen-bond donors (Lipinski definition) is 0. The molecule has 0 heterocycles. The molecule has 0 radical (unpaired) electrons. The Bertz CT molecular complexity index is 15.1. The molecular weight excluding hydrogens is 213 g/mol. The maximum Gasteiger partial charge on any atom is 0.0208 e. The van der Waals surface area contributed by atoms with Crippen LogP contribution in [0.3, 0.4) is 0 Å². The van der Waals surface area contributed by atoms with Gasteiger partial charge in [0.15, 0.2) is 0 Å². The van der Waals surface area contributed by atoms with E-state index < -0.39 is 0 Å². The van der Waals surface area contributed by atoms with Crippen LogP contribution in [0.15, 0.2) is 0 Å². The van der Waals surface area contributed by atoms with Crippen LogP contribution < -0.4 is 0 Å². The number of rotatable bonds is 2. The van der Waals surface area contributed by atoms with Crippen molar-refractivity contribution in [3.05, 3.63) is 0 Å². The Morgan fingerprint density at radius 2 is 2.40 bits per heavy atom. The van der Waals surface area contributed by atoms with Crippen LogP contribution in [0, 0.1) is 0 Å². The van der Waals surface area contributed by atoms with Crippen molar-refractivity contribution < 1.29 is 0 Å². The Kier molecular flexibility index (Phi) is 7.37. The molecule has 0 fully saturated rings. The number of hydrogen-bond acceptors (Lipinski definition) is 0. The summed E-state index contributed by atoms with van der Waals surface area (Å²) in [7, 11) is 2.39. The first kappa shape index (κ1) is 6.59. The van der Waals surface area contributed by atoms with Gasteiger partial charge in [0.05, 0.1) is 0 Å². The molecule has 2 atom stereocenters. The number of halogens is 1. The molecule has 2 unspecified atom stereocenters. The smallest absolute Gasteiger partial charge is 0.0208 e. The van der Waals surface area contributed by atoms with Crippen LogP contribution >= 0.6 is 39.1 Å². The zero-order chi connectivity index (χ0) is 4.12. The summed E-state index contributed by atoms with van der Waals surface area (Å²) in [5.41, 5.74) is 0. The molecular formula is C2H7IP2. The SMILES string of the molecule is CPPCI. The molecule has 0 aromatic heterocycles. The van der Waals surface area contributed by atoms with E-state index in [0.717, 1.165) is 0 Å². The van der Waals surface area contributed by atoms with Gasteiger partial charge in [-0.1, -0.05) is 30.9 Å². The lowest BCUT2D eigenvalue weighted by atomic mass is 11.9. The lowest BCUT2D eigenvalue weighted by Gasteiger charge is -1.79. The fraction of sp³-hybridized carbons (Fsp3) is 1.00. The normalized spacial score (nSPS) is 13.2. The van der Waals surface area contributed by atoms with E-state index in [0.29, 0.717) is 0 Å². The quantitative estimate of drug-likeness (QED) is 0.380. The lowest BCUT2D eigenvalue weighted by molar-refractivity contribution is 2.41. The molecule has 0 aliphatic carbocycles. The first-order valence-electron chi connectivity index (χ1n) is 1.37. The summed E-state index contributed by atoms with van der Waals surface area (Å²) in [6, 6.07) is 0. The third-order valence-electron chi connectivity index (χ3n) is 0.244. The van der Waals surface area contributed by atoms with E-state index in [9.17, 15) is 0 Å². The highest BCUT2D eigenvalue weighted by Gasteiger charge is 1.68. The van der Waals surface area contributed by atoms with E-state index in [1.165, 1.54) is 20.7 Å². The van der Waals surface area contributed by atoms with Gasteiger partial charge in [-0.2, -0.15) is 0 Å². The largest absolute Gasteiger partial charge is 0.102 e. The van der Waals surface area contributed by atoms with Crippen LogP contribution in [0.1, 0.15) is 0 Å². The molecule has 0 saturated carbocycles. The second-order valence-corrected chi connectivity index (χ2v) is 6.53. The zero-order valence-electron chi connectivity index (χ0n) is 3.09. The molecule has 0 rings (SSSR count). The summed E-state index contributed by atoms with van der Waals surface area (Å²) < 4.78 is 1.35. The van der Waals surface area contributed by atoms with Crippen molar-refractivity contribution in [3.63, 3.8) is 0 Å². The van der Waals surface area contributed by atoms with E-state index in [4.69, 9.17) is 0 Å². The van der Waals surface area contributed by atoms with Crippen LogP contribution in [-0.4, -0.2) is 10.8 Å². The van der Waals surface area contributed by atoms with Gasteiger partial charge < -0.3 is 0 Å². The van der Waals surface area contributed by atoms with Crippen molar-refractivity contribution in [2.45, 2.75) is 0 Å². The molecule has 0 aromatic carbocycles. The van der Waals surface area contributed by atoms with Gasteiger partial charge in [0.1, 0.15) is 0 Å². The summed E-state index contributed by atoms with van der Waals surface area (Å²) in [4.78, 5) is 0. The summed E-state index contributed by atoms with van der Waals surface area (Å²) in [5.74, 6) is 0. The molecule has 0 saturated heterocycles. The van der Waals surface area contributed by atoms with E-state index in [2.05, 4.69) is 29.3 Å². The van der Waals surface area contributed by atoms with Crippen LogP contribution in [0.5, 0.6) is 0 Å². The highest BCUT2D eigenvalue weighted by atomic mass is 127. The molecule has 0 aliphatic heterocycles. The Morgan fingerprint density at radius 1 is 1.80 bits per heavy atom. The molecule has 3 heteroatoms. The maximum absolute atomic E-state index is 2.41. The van der Waals surface area contributed by atoms with Gasteiger partial charge in [-0.3, -0.25) is 0 Å². The van der Waals surface area contributed by atoms with Crippen LogP contribution in [0.25, 0.3) is 0 Å². The Morgan fingerprint density at radius 3 is 2.40 bits per heavy atom. The van der Waals surface area contributed by atoms with Crippen molar-refractivity contribution in [1.82, 2.24) is 0 Å². The number of alkyl halides is 1. The predicted molar refractivity (Wildman–Crippen MR) is 41.4 cm³/mol. The van der Waals surface area contributed by atoms with Gasteiger partial charge in [-0.05, 0) is 6.66 Å². The van der Waals surface area contributed by atoms with Crippen LogP contribution in [-0.2, 0) is 0 Å². The molecule has 32 valence electrons. The minimum Gasteiger partial charge on any atom is -0.102 e. The summed E-state index contributed by atoms with van der Waals surface area (Å²) in [6.45, 7) is 2.25. The van der Waals surface area contributed by atoms with Crippen LogP contribution in [0.2, 0.25) is 0 Å². The lowest BCUT2D eigenvalue weighted by Crippen LogP contribution is -1.34. The summed E-state index contributed by atoms with van der Waals surface area (Å²) >= 11 is 2.41. The predicted octanol–water partition coefficient (Wildman–Crippen LogP) is 2.28. The molecule has 0 bridgehead atoms. The fourth-order valence-corrected chi connectivity index (χ4v) is 4.03. The molecule has 0 N–H and O–H groups in total. The second kappa shape index (κ2) is 5.59. The monoisotopic (exact) mass is 220 g/mol. The first-order chi connectivity index (χ1) is 2.41. The van der Waals surface area contributed by atoms with E-state index >= 15 is 0 Å². The van der Waals surface area contributed by atoms with Gasteiger partial charge in [0.2, 0.25) is 0 Å². The van der Waals surface area contributed by atoms with Gasteiger partial charge in [-0.15, -0.1) is 8.27 Å². The average Bonchev–Trinajstić information content (AvgIpc) is 1.41. The van der Waals surface area contributed by atoms with Crippen molar-refractivity contribution in [2.24, 2.45) is 0 Å². The Hall–Kier alpha value is 1.59. The topological polar surface area (TPSA) is 0 Å². The summed E-state index contributed by atoms with van der Waals surface area (Å²) in [6.07, 6.45) is 0. The molecule has 0 amide bonds. The van der Waals surface area contributed by atoms with Gasteiger partial charge in [-0.25, -0.2) is 0 Å². The highest BCUT2D eigenvalue weighted by molar-refractivity contribution is 14.1. The van der Waals surface area contributed by atoms with Crippen molar-refractivity contribution >= 4 is 39.1 Å². The zero-order valence-corrected chi connectivity index (χ0v) is 7.24. The van der Waals surface area contributed by atoms with E-state index in [1.807, 2.05) is 0 Å². The molecule has 0 nitrogen and oxygen atoms in total. The average molecular weight is 220 g/mol. The fourth-order valence-electron chi connectivity index (χ4n) is 0.0668. The maximum atomic E-state index is 2.41. The van der Waals surface area contributed by atoms with Gasteiger partial charge in [0.25, 0.3) is 0 Å². The molecule has 0 aromatic rings. The van der Waals surface area contributed by atoms with Crippen LogP contribution in [0.4, 0.5) is 0 Å². The van der Waals surface area contributed by atoms with Gasteiger partial charge in [0, 0.05) is 4.17 Å². The first-order valence-corrected chi connectivity index (χ1v) is 6.60.